The van der Waals surface area contributed by atoms with Gasteiger partial charge < -0.3 is 4.74 Å². The Morgan fingerprint density at radius 3 is 2.03 bits per heavy atom. The Kier molecular flexibility index (Phi) is 6.63. The number of carbonyl (C=O) groups excluding carboxylic acids is 1. The molecule has 0 unspecified atom stereocenters. The second kappa shape index (κ2) is 9.02. The molecular formula is C23H22BrNO4S. The molecular weight excluding hydrogens is 466 g/mol. The lowest BCUT2D eigenvalue weighted by Crippen LogP contribution is -2.40. The molecule has 0 radical (unpaired) electrons. The number of benzene rings is 3. The fourth-order valence-electron chi connectivity index (χ4n) is 2.82. The summed E-state index contributed by atoms with van der Waals surface area (Å²) in [5.41, 5.74) is 3.10. The first-order valence-corrected chi connectivity index (χ1v) is 11.5. The highest BCUT2D eigenvalue weighted by atomic mass is 79.9. The van der Waals surface area contributed by atoms with Crippen molar-refractivity contribution in [3.63, 3.8) is 0 Å². The van der Waals surface area contributed by atoms with Gasteiger partial charge in [0.15, 0.2) is 6.61 Å². The van der Waals surface area contributed by atoms with Gasteiger partial charge in [0.05, 0.1) is 10.6 Å². The molecule has 0 spiro atoms. The Morgan fingerprint density at radius 1 is 0.900 bits per heavy atom. The molecule has 0 aromatic heterocycles. The van der Waals surface area contributed by atoms with Crippen LogP contribution >= 0.6 is 15.9 Å². The van der Waals surface area contributed by atoms with Gasteiger partial charge in [0.25, 0.3) is 15.9 Å². The summed E-state index contributed by atoms with van der Waals surface area (Å²) < 4.78 is 34.0. The van der Waals surface area contributed by atoms with E-state index >= 15 is 0 Å². The average molecular weight is 488 g/mol. The Morgan fingerprint density at radius 2 is 1.47 bits per heavy atom. The number of amides is 1. The van der Waals surface area contributed by atoms with E-state index in [1.807, 2.05) is 26.8 Å². The molecule has 0 aliphatic carbocycles. The van der Waals surface area contributed by atoms with Crippen molar-refractivity contribution in [2.24, 2.45) is 0 Å². The van der Waals surface area contributed by atoms with E-state index in [-0.39, 0.29) is 10.6 Å². The Balaban J connectivity index is 1.94. The van der Waals surface area contributed by atoms with Crippen LogP contribution in [0.3, 0.4) is 0 Å². The lowest BCUT2D eigenvalue weighted by Gasteiger charge is -2.23. The minimum Gasteiger partial charge on any atom is -0.484 e. The Hall–Kier alpha value is -2.64. The summed E-state index contributed by atoms with van der Waals surface area (Å²) in [5.74, 6) is -0.194. The van der Waals surface area contributed by atoms with E-state index in [1.165, 1.54) is 12.1 Å². The van der Waals surface area contributed by atoms with E-state index in [0.29, 0.717) is 5.75 Å². The second-order valence-electron chi connectivity index (χ2n) is 7.01. The molecule has 0 heterocycles. The predicted octanol–water partition coefficient (Wildman–Crippen LogP) is 5.18. The predicted molar refractivity (Wildman–Crippen MR) is 121 cm³/mol. The molecule has 30 heavy (non-hydrogen) atoms. The van der Waals surface area contributed by atoms with Gasteiger partial charge in [-0.25, -0.2) is 8.42 Å². The van der Waals surface area contributed by atoms with Gasteiger partial charge in [-0.3, -0.25) is 4.79 Å². The maximum absolute atomic E-state index is 13.3. The molecule has 3 aromatic rings. The normalized spacial score (nSPS) is 11.2. The number of hydrogen-bond donors (Lipinski definition) is 0. The van der Waals surface area contributed by atoms with Gasteiger partial charge in [-0.15, -0.1) is 0 Å². The molecule has 3 aromatic carbocycles. The number of nitrogens with zero attached hydrogens (tertiary/aromatic N) is 1. The maximum atomic E-state index is 13.3. The van der Waals surface area contributed by atoms with Crippen molar-refractivity contribution < 1.29 is 17.9 Å². The second-order valence-corrected chi connectivity index (χ2v) is 9.65. The third-order valence-electron chi connectivity index (χ3n) is 4.55. The van der Waals surface area contributed by atoms with E-state index in [9.17, 15) is 13.2 Å². The number of hydrogen-bond acceptors (Lipinski definition) is 4. The third kappa shape index (κ3) is 4.91. The van der Waals surface area contributed by atoms with Gasteiger partial charge in [0.2, 0.25) is 0 Å². The highest BCUT2D eigenvalue weighted by molar-refractivity contribution is 9.10. The largest absolute Gasteiger partial charge is 0.484 e. The zero-order chi connectivity index (χ0) is 21.9. The number of aryl methyl sites for hydroxylation is 3. The SMILES string of the molecule is Cc1ccc(N(C(=O)COc2ccc(Br)c(C)c2)S(=O)(=O)c2ccc(C)cc2)cc1. The maximum Gasteiger partial charge on any atom is 0.278 e. The van der Waals surface area contributed by atoms with E-state index in [4.69, 9.17) is 4.74 Å². The minimum atomic E-state index is -4.11. The summed E-state index contributed by atoms with van der Waals surface area (Å²) in [6.07, 6.45) is 0. The molecule has 0 aliphatic rings. The van der Waals surface area contributed by atoms with Crippen LogP contribution in [-0.2, 0) is 14.8 Å². The zero-order valence-corrected chi connectivity index (χ0v) is 19.3. The summed E-state index contributed by atoms with van der Waals surface area (Å²) in [6, 6.07) is 18.5. The molecule has 7 heteroatoms. The molecule has 0 aliphatic heterocycles. The number of halogens is 1. The molecule has 3 rings (SSSR count). The van der Waals surface area contributed by atoms with Crippen LogP contribution in [0.2, 0.25) is 0 Å². The highest BCUT2D eigenvalue weighted by Gasteiger charge is 2.31. The standard InChI is InChI=1S/C23H22BrNO4S/c1-16-4-8-19(9-5-16)25(30(27,28)21-11-6-17(2)7-12-21)23(26)15-29-20-10-13-22(24)18(3)14-20/h4-14H,15H2,1-3H3. The topological polar surface area (TPSA) is 63.7 Å². The fourth-order valence-corrected chi connectivity index (χ4v) is 4.48. The van der Waals surface area contributed by atoms with Crippen molar-refractivity contribution in [3.05, 3.63) is 87.9 Å². The van der Waals surface area contributed by atoms with Crippen molar-refractivity contribution in [1.29, 1.82) is 0 Å². The number of carbonyl (C=O) groups is 1. The number of ether oxygens (including phenoxy) is 1. The average Bonchev–Trinajstić information content (AvgIpc) is 2.71. The molecule has 0 bridgehead atoms. The van der Waals surface area contributed by atoms with Crippen LogP contribution in [0.1, 0.15) is 16.7 Å². The molecule has 5 nitrogen and oxygen atoms in total. The van der Waals surface area contributed by atoms with Crippen LogP contribution in [-0.4, -0.2) is 20.9 Å². The number of rotatable bonds is 6. The summed E-state index contributed by atoms with van der Waals surface area (Å²) in [4.78, 5) is 13.1. The molecule has 0 atom stereocenters. The van der Waals surface area contributed by atoms with Gasteiger partial charge >= 0.3 is 0 Å². The lowest BCUT2D eigenvalue weighted by molar-refractivity contribution is -0.119. The first kappa shape index (κ1) is 22.1. The van der Waals surface area contributed by atoms with Crippen molar-refractivity contribution >= 4 is 37.5 Å². The van der Waals surface area contributed by atoms with E-state index in [0.717, 1.165) is 25.5 Å². The van der Waals surface area contributed by atoms with Crippen LogP contribution < -0.4 is 9.04 Å². The Bertz CT molecular complexity index is 1160. The molecule has 0 saturated carbocycles. The van der Waals surface area contributed by atoms with Gasteiger partial charge in [-0.05, 0) is 68.8 Å². The van der Waals surface area contributed by atoms with Crippen LogP contribution in [0.25, 0.3) is 0 Å². The van der Waals surface area contributed by atoms with Crippen LogP contribution in [0, 0.1) is 20.8 Å². The molecule has 156 valence electrons. The van der Waals surface area contributed by atoms with Crippen LogP contribution in [0.5, 0.6) is 5.75 Å². The van der Waals surface area contributed by atoms with Gasteiger partial charge in [0.1, 0.15) is 5.75 Å². The molecule has 0 fully saturated rings. The molecule has 0 N–H and O–H groups in total. The molecule has 0 saturated heterocycles. The van der Waals surface area contributed by atoms with Crippen LogP contribution in [0.15, 0.2) is 76.1 Å². The zero-order valence-electron chi connectivity index (χ0n) is 16.9. The quantitative estimate of drug-likeness (QED) is 0.480. The van der Waals surface area contributed by atoms with E-state index in [2.05, 4.69) is 15.9 Å². The number of sulfonamides is 1. The fraction of sp³-hybridized carbons (Fsp3) is 0.174. The summed E-state index contributed by atoms with van der Waals surface area (Å²) in [5, 5.41) is 0. The van der Waals surface area contributed by atoms with Gasteiger partial charge in [-0.1, -0.05) is 51.3 Å². The smallest absolute Gasteiger partial charge is 0.278 e. The van der Waals surface area contributed by atoms with Crippen LogP contribution in [0.4, 0.5) is 5.69 Å². The first-order valence-electron chi connectivity index (χ1n) is 9.29. The summed E-state index contributed by atoms with van der Waals surface area (Å²) in [6.45, 7) is 5.25. The Labute approximate surface area is 185 Å². The lowest BCUT2D eigenvalue weighted by atomic mass is 10.2. The first-order chi connectivity index (χ1) is 14.2. The minimum absolute atomic E-state index is 0.0431. The van der Waals surface area contributed by atoms with Gasteiger partial charge in [0, 0.05) is 4.47 Å². The third-order valence-corrected chi connectivity index (χ3v) is 7.20. The van der Waals surface area contributed by atoms with E-state index in [1.54, 1.807) is 48.5 Å². The van der Waals surface area contributed by atoms with Crippen molar-refractivity contribution in [1.82, 2.24) is 0 Å². The van der Waals surface area contributed by atoms with E-state index < -0.39 is 22.5 Å². The highest BCUT2D eigenvalue weighted by Crippen LogP contribution is 2.26. The van der Waals surface area contributed by atoms with Crippen molar-refractivity contribution in [2.45, 2.75) is 25.7 Å². The molecule has 1 amide bonds. The van der Waals surface area contributed by atoms with Gasteiger partial charge in [-0.2, -0.15) is 4.31 Å². The summed E-state index contributed by atoms with van der Waals surface area (Å²) >= 11 is 3.42. The monoisotopic (exact) mass is 487 g/mol. The number of anilines is 1. The summed E-state index contributed by atoms with van der Waals surface area (Å²) in [7, 11) is -4.11. The van der Waals surface area contributed by atoms with Crippen molar-refractivity contribution in [3.8, 4) is 5.75 Å². The van der Waals surface area contributed by atoms with Crippen molar-refractivity contribution in [2.75, 3.05) is 10.9 Å².